The second kappa shape index (κ2) is 4.60. The Bertz CT molecular complexity index is 301. The van der Waals surface area contributed by atoms with Gasteiger partial charge in [-0.25, -0.2) is 0 Å². The van der Waals surface area contributed by atoms with Gasteiger partial charge in [-0.2, -0.15) is 0 Å². The molecule has 2 rings (SSSR count). The molecule has 0 aliphatic carbocycles. The summed E-state index contributed by atoms with van der Waals surface area (Å²) in [6.07, 6.45) is 2.29. The Morgan fingerprint density at radius 2 is 1.94 bits per heavy atom. The third-order valence-electron chi connectivity index (χ3n) is 4.09. The SMILES string of the molecule is CC(C)CN1CCCC2(C1)CN(C(C)C)C2=O. The van der Waals surface area contributed by atoms with Gasteiger partial charge in [0.15, 0.2) is 0 Å². The summed E-state index contributed by atoms with van der Waals surface area (Å²) in [5, 5.41) is 0. The van der Waals surface area contributed by atoms with Crippen LogP contribution in [0, 0.1) is 11.3 Å². The fraction of sp³-hybridized carbons (Fsp3) is 0.929. The predicted molar refractivity (Wildman–Crippen MR) is 69.8 cm³/mol. The Hall–Kier alpha value is -0.570. The van der Waals surface area contributed by atoms with E-state index >= 15 is 0 Å². The Morgan fingerprint density at radius 3 is 2.47 bits per heavy atom. The zero-order valence-corrected chi connectivity index (χ0v) is 11.7. The number of piperidine rings is 1. The van der Waals surface area contributed by atoms with Crippen LogP contribution in [-0.4, -0.2) is 47.9 Å². The molecule has 1 unspecified atom stereocenters. The van der Waals surface area contributed by atoms with E-state index in [4.69, 9.17) is 0 Å². The van der Waals surface area contributed by atoms with Crippen LogP contribution in [0.25, 0.3) is 0 Å². The van der Waals surface area contributed by atoms with Gasteiger partial charge < -0.3 is 9.80 Å². The van der Waals surface area contributed by atoms with Crippen LogP contribution in [0.2, 0.25) is 0 Å². The highest BCUT2D eigenvalue weighted by Crippen LogP contribution is 2.41. The van der Waals surface area contributed by atoms with E-state index in [1.165, 1.54) is 13.0 Å². The number of rotatable bonds is 3. The van der Waals surface area contributed by atoms with E-state index < -0.39 is 0 Å². The molecule has 2 aliphatic heterocycles. The van der Waals surface area contributed by atoms with Gasteiger partial charge in [-0.1, -0.05) is 13.8 Å². The molecular weight excluding hydrogens is 212 g/mol. The molecule has 2 aliphatic rings. The highest BCUT2D eigenvalue weighted by molar-refractivity contribution is 5.89. The molecule has 0 aromatic rings. The average molecular weight is 238 g/mol. The van der Waals surface area contributed by atoms with E-state index in [0.717, 1.165) is 26.1 Å². The van der Waals surface area contributed by atoms with Crippen LogP contribution in [-0.2, 0) is 4.79 Å². The standard InChI is InChI=1S/C14H26N2O/c1-11(2)8-15-7-5-6-14(9-15)10-16(12(3)4)13(14)17/h11-12H,5-10H2,1-4H3. The van der Waals surface area contributed by atoms with Gasteiger partial charge in [-0.15, -0.1) is 0 Å². The van der Waals surface area contributed by atoms with Gasteiger partial charge in [0.25, 0.3) is 0 Å². The first-order valence-corrected chi connectivity index (χ1v) is 6.98. The van der Waals surface area contributed by atoms with Crippen molar-refractivity contribution in [1.29, 1.82) is 0 Å². The molecule has 0 N–H and O–H groups in total. The summed E-state index contributed by atoms with van der Waals surface area (Å²) in [4.78, 5) is 16.8. The normalized spacial score (nSPS) is 30.5. The van der Waals surface area contributed by atoms with Crippen LogP contribution in [0.4, 0.5) is 0 Å². The quantitative estimate of drug-likeness (QED) is 0.702. The maximum Gasteiger partial charge on any atom is 0.232 e. The van der Waals surface area contributed by atoms with E-state index in [1.54, 1.807) is 0 Å². The lowest BCUT2D eigenvalue weighted by Gasteiger charge is -2.55. The molecule has 0 radical (unpaired) electrons. The Balaban J connectivity index is 1.96. The molecule has 1 amide bonds. The molecule has 3 nitrogen and oxygen atoms in total. The second-order valence-electron chi connectivity index (χ2n) is 6.54. The second-order valence-corrected chi connectivity index (χ2v) is 6.54. The van der Waals surface area contributed by atoms with Crippen LogP contribution in [0.15, 0.2) is 0 Å². The lowest BCUT2D eigenvalue weighted by Crippen LogP contribution is -2.68. The molecule has 2 fully saturated rings. The molecule has 2 heterocycles. The summed E-state index contributed by atoms with van der Waals surface area (Å²) >= 11 is 0. The summed E-state index contributed by atoms with van der Waals surface area (Å²) < 4.78 is 0. The summed E-state index contributed by atoms with van der Waals surface area (Å²) in [5.74, 6) is 1.10. The van der Waals surface area contributed by atoms with Crippen LogP contribution >= 0.6 is 0 Å². The van der Waals surface area contributed by atoms with Crippen LogP contribution in [0.1, 0.15) is 40.5 Å². The van der Waals surface area contributed by atoms with Crippen molar-refractivity contribution in [3.8, 4) is 0 Å². The molecule has 0 aromatic heterocycles. The number of carbonyl (C=O) groups is 1. The molecule has 1 spiro atoms. The summed E-state index contributed by atoms with van der Waals surface area (Å²) in [7, 11) is 0. The van der Waals surface area contributed by atoms with Gasteiger partial charge >= 0.3 is 0 Å². The first-order chi connectivity index (χ1) is 7.94. The molecular formula is C14H26N2O. The lowest BCUT2D eigenvalue weighted by molar-refractivity contribution is -0.169. The van der Waals surface area contributed by atoms with Crippen LogP contribution in [0.3, 0.4) is 0 Å². The third-order valence-corrected chi connectivity index (χ3v) is 4.09. The monoisotopic (exact) mass is 238 g/mol. The minimum atomic E-state index is -0.0165. The van der Waals surface area contributed by atoms with Crippen molar-refractivity contribution >= 4 is 5.91 Å². The number of β-lactam (4-membered cyclic amide) rings is 1. The van der Waals surface area contributed by atoms with E-state index in [-0.39, 0.29) is 5.41 Å². The first-order valence-electron chi connectivity index (χ1n) is 6.98. The Labute approximate surface area is 105 Å². The fourth-order valence-electron chi connectivity index (χ4n) is 3.30. The van der Waals surface area contributed by atoms with Crippen molar-refractivity contribution in [2.75, 3.05) is 26.2 Å². The van der Waals surface area contributed by atoms with Gasteiger partial charge in [0, 0.05) is 25.7 Å². The van der Waals surface area contributed by atoms with Crippen molar-refractivity contribution in [3.63, 3.8) is 0 Å². The van der Waals surface area contributed by atoms with E-state index in [1.807, 2.05) is 4.90 Å². The maximum absolute atomic E-state index is 12.3. The molecule has 2 saturated heterocycles. The molecule has 1 atom stereocenters. The predicted octanol–water partition coefficient (Wildman–Crippen LogP) is 1.98. The third kappa shape index (κ3) is 2.35. The number of carbonyl (C=O) groups excluding carboxylic acids is 1. The molecule has 0 saturated carbocycles. The molecule has 0 bridgehead atoms. The zero-order valence-electron chi connectivity index (χ0n) is 11.7. The maximum atomic E-state index is 12.3. The molecule has 3 heteroatoms. The van der Waals surface area contributed by atoms with Gasteiger partial charge in [-0.05, 0) is 39.2 Å². The largest absolute Gasteiger partial charge is 0.339 e. The number of likely N-dealkylation sites (tertiary alicyclic amines) is 2. The molecule has 98 valence electrons. The summed E-state index contributed by atoms with van der Waals surface area (Å²) in [5.41, 5.74) is -0.0165. The highest BCUT2D eigenvalue weighted by atomic mass is 16.2. The van der Waals surface area contributed by atoms with Gasteiger partial charge in [-0.3, -0.25) is 4.79 Å². The number of hydrogen-bond donors (Lipinski definition) is 0. The molecule has 0 aromatic carbocycles. The summed E-state index contributed by atoms with van der Waals surface area (Å²) in [6, 6.07) is 0.369. The topological polar surface area (TPSA) is 23.6 Å². The van der Waals surface area contributed by atoms with Crippen molar-refractivity contribution in [2.45, 2.75) is 46.6 Å². The minimum Gasteiger partial charge on any atom is -0.339 e. The van der Waals surface area contributed by atoms with Gasteiger partial charge in [0.2, 0.25) is 5.91 Å². The fourth-order valence-corrected chi connectivity index (χ4v) is 3.30. The van der Waals surface area contributed by atoms with Crippen molar-refractivity contribution < 1.29 is 4.79 Å². The number of hydrogen-bond acceptors (Lipinski definition) is 2. The lowest BCUT2D eigenvalue weighted by atomic mass is 9.71. The molecule has 17 heavy (non-hydrogen) atoms. The average Bonchev–Trinajstić information content (AvgIpc) is 2.25. The van der Waals surface area contributed by atoms with E-state index in [2.05, 4.69) is 32.6 Å². The zero-order chi connectivity index (χ0) is 12.6. The van der Waals surface area contributed by atoms with E-state index in [9.17, 15) is 4.79 Å². The number of amides is 1. The Kier molecular flexibility index (Phi) is 3.48. The first kappa shape index (κ1) is 12.9. The highest BCUT2D eigenvalue weighted by Gasteiger charge is 2.54. The van der Waals surface area contributed by atoms with Crippen molar-refractivity contribution in [1.82, 2.24) is 9.80 Å². The van der Waals surface area contributed by atoms with Gasteiger partial charge in [0.05, 0.1) is 5.41 Å². The minimum absolute atomic E-state index is 0.0165. The summed E-state index contributed by atoms with van der Waals surface area (Å²) in [6.45, 7) is 13.0. The van der Waals surface area contributed by atoms with Crippen LogP contribution < -0.4 is 0 Å². The van der Waals surface area contributed by atoms with Gasteiger partial charge in [0.1, 0.15) is 0 Å². The number of nitrogens with zero attached hydrogens (tertiary/aromatic N) is 2. The Morgan fingerprint density at radius 1 is 1.24 bits per heavy atom. The van der Waals surface area contributed by atoms with Crippen molar-refractivity contribution in [3.05, 3.63) is 0 Å². The van der Waals surface area contributed by atoms with Crippen LogP contribution in [0.5, 0.6) is 0 Å². The smallest absolute Gasteiger partial charge is 0.232 e. The van der Waals surface area contributed by atoms with Crippen molar-refractivity contribution in [2.24, 2.45) is 11.3 Å². The van der Waals surface area contributed by atoms with E-state index in [0.29, 0.717) is 17.9 Å².